The quantitative estimate of drug-likeness (QED) is 0.897. The van der Waals surface area contributed by atoms with E-state index < -0.39 is 0 Å². The van der Waals surface area contributed by atoms with Crippen molar-refractivity contribution in [1.29, 1.82) is 0 Å². The lowest BCUT2D eigenvalue weighted by atomic mass is 9.95. The summed E-state index contributed by atoms with van der Waals surface area (Å²) in [6.07, 6.45) is 3.41. The van der Waals surface area contributed by atoms with Crippen LogP contribution in [-0.4, -0.2) is 43.1 Å². The first-order chi connectivity index (χ1) is 10.8. The Kier molecular flexibility index (Phi) is 6.88. The number of ether oxygens (including phenoxy) is 1. The smallest absolute Gasteiger partial charge is 0.225 e. The minimum atomic E-state index is -0.0776. The number of carbonyl (C=O) groups is 1. The molecule has 2 atom stereocenters. The third-order valence-corrected chi connectivity index (χ3v) is 4.71. The van der Waals surface area contributed by atoms with E-state index in [1.165, 1.54) is 11.1 Å². The van der Waals surface area contributed by atoms with Crippen molar-refractivity contribution in [3.05, 3.63) is 35.4 Å². The highest BCUT2D eigenvalue weighted by atomic mass is 35.5. The summed E-state index contributed by atoms with van der Waals surface area (Å²) < 4.78 is 5.90. The molecule has 0 saturated carbocycles. The van der Waals surface area contributed by atoms with E-state index in [4.69, 9.17) is 4.74 Å². The number of benzene rings is 1. The number of halogens is 1. The minimum absolute atomic E-state index is 0. The maximum Gasteiger partial charge on any atom is 0.225 e. The van der Waals surface area contributed by atoms with E-state index in [9.17, 15) is 4.79 Å². The summed E-state index contributed by atoms with van der Waals surface area (Å²) in [6.45, 7) is 5.64. The fraction of sp³-hybridized carbons (Fsp3) is 0.611. The molecule has 0 aliphatic carbocycles. The average Bonchev–Trinajstić information content (AvgIpc) is 3.07. The summed E-state index contributed by atoms with van der Waals surface area (Å²) in [5, 5.41) is 3.36. The lowest BCUT2D eigenvalue weighted by Gasteiger charge is -2.31. The standard InChI is InChI=1S/C18H26N2O2.ClH/c1-2-10-20(15-7-9-19-13-15)18(21)12-17-16-6-4-3-5-14(16)8-11-22-17;/h3-6,15,17,19H,2,7-13H2,1H3;1H. The number of hydrogen-bond acceptors (Lipinski definition) is 3. The molecule has 2 aliphatic rings. The minimum Gasteiger partial charge on any atom is -0.373 e. The van der Waals surface area contributed by atoms with Crippen molar-refractivity contribution >= 4 is 18.3 Å². The van der Waals surface area contributed by atoms with Crippen molar-refractivity contribution in [2.24, 2.45) is 0 Å². The van der Waals surface area contributed by atoms with E-state index in [0.29, 0.717) is 19.1 Å². The fourth-order valence-electron chi connectivity index (χ4n) is 3.58. The van der Waals surface area contributed by atoms with Gasteiger partial charge in [0.05, 0.1) is 19.1 Å². The Morgan fingerprint density at radius 2 is 2.22 bits per heavy atom. The second-order valence-electron chi connectivity index (χ2n) is 6.25. The largest absolute Gasteiger partial charge is 0.373 e. The first-order valence-corrected chi connectivity index (χ1v) is 8.49. The Morgan fingerprint density at radius 3 is 2.96 bits per heavy atom. The number of rotatable bonds is 5. The van der Waals surface area contributed by atoms with Crippen LogP contribution in [0.2, 0.25) is 0 Å². The van der Waals surface area contributed by atoms with Crippen molar-refractivity contribution in [1.82, 2.24) is 10.2 Å². The molecule has 1 aromatic rings. The van der Waals surface area contributed by atoms with Gasteiger partial charge in [0.25, 0.3) is 0 Å². The Labute approximate surface area is 145 Å². The van der Waals surface area contributed by atoms with Gasteiger partial charge >= 0.3 is 0 Å². The number of nitrogens with zero attached hydrogens (tertiary/aromatic N) is 1. The zero-order chi connectivity index (χ0) is 15.4. The lowest BCUT2D eigenvalue weighted by molar-refractivity contribution is -0.136. The molecule has 5 heteroatoms. The zero-order valence-corrected chi connectivity index (χ0v) is 14.6. The summed E-state index contributed by atoms with van der Waals surface area (Å²) in [5.74, 6) is 0.234. The second kappa shape index (κ2) is 8.67. The highest BCUT2D eigenvalue weighted by molar-refractivity contribution is 5.85. The average molecular weight is 339 g/mol. The molecule has 128 valence electrons. The van der Waals surface area contributed by atoms with Gasteiger partial charge in [0.15, 0.2) is 0 Å². The van der Waals surface area contributed by atoms with Crippen molar-refractivity contribution in [2.75, 3.05) is 26.2 Å². The molecule has 0 aromatic heterocycles. The molecule has 2 unspecified atom stereocenters. The van der Waals surface area contributed by atoms with E-state index in [-0.39, 0.29) is 24.4 Å². The molecule has 1 saturated heterocycles. The van der Waals surface area contributed by atoms with E-state index in [0.717, 1.165) is 38.9 Å². The molecular weight excluding hydrogens is 312 g/mol. The number of hydrogen-bond donors (Lipinski definition) is 1. The van der Waals surface area contributed by atoms with E-state index >= 15 is 0 Å². The highest BCUT2D eigenvalue weighted by Crippen LogP contribution is 2.30. The van der Waals surface area contributed by atoms with Gasteiger partial charge in [-0.05, 0) is 36.9 Å². The van der Waals surface area contributed by atoms with Crippen LogP contribution in [0.3, 0.4) is 0 Å². The van der Waals surface area contributed by atoms with E-state index in [1.807, 2.05) is 6.07 Å². The summed E-state index contributed by atoms with van der Waals surface area (Å²) in [4.78, 5) is 14.9. The first kappa shape index (κ1) is 18.2. The van der Waals surface area contributed by atoms with Crippen molar-refractivity contribution in [2.45, 2.75) is 44.8 Å². The van der Waals surface area contributed by atoms with Crippen LogP contribution in [0.4, 0.5) is 0 Å². The fourth-order valence-corrected chi connectivity index (χ4v) is 3.58. The first-order valence-electron chi connectivity index (χ1n) is 8.49. The van der Waals surface area contributed by atoms with Crippen LogP contribution in [0.1, 0.15) is 43.4 Å². The number of amides is 1. The Morgan fingerprint density at radius 1 is 1.39 bits per heavy atom. The summed E-state index contributed by atoms with van der Waals surface area (Å²) in [7, 11) is 0. The van der Waals surface area contributed by atoms with Crippen LogP contribution in [0.5, 0.6) is 0 Å². The molecular formula is C18H27ClN2O2. The number of nitrogens with one attached hydrogen (secondary N) is 1. The zero-order valence-electron chi connectivity index (χ0n) is 13.8. The van der Waals surface area contributed by atoms with Crippen molar-refractivity contribution in [3.63, 3.8) is 0 Å². The highest BCUT2D eigenvalue weighted by Gasteiger charge is 2.29. The van der Waals surface area contributed by atoms with Gasteiger partial charge in [-0.25, -0.2) is 0 Å². The van der Waals surface area contributed by atoms with Crippen LogP contribution in [0, 0.1) is 0 Å². The summed E-state index contributed by atoms with van der Waals surface area (Å²) in [6, 6.07) is 8.71. The van der Waals surface area contributed by atoms with Gasteiger partial charge in [0.2, 0.25) is 5.91 Å². The number of fused-ring (bicyclic) bond motifs is 1. The topological polar surface area (TPSA) is 41.6 Å². The predicted octanol–water partition coefficient (Wildman–Crippen LogP) is 2.71. The molecule has 2 heterocycles. The summed E-state index contributed by atoms with van der Waals surface area (Å²) in [5.41, 5.74) is 2.53. The van der Waals surface area contributed by atoms with Crippen LogP contribution in [-0.2, 0) is 16.0 Å². The molecule has 2 aliphatic heterocycles. The summed E-state index contributed by atoms with van der Waals surface area (Å²) >= 11 is 0. The van der Waals surface area contributed by atoms with Crippen LogP contribution in [0.15, 0.2) is 24.3 Å². The molecule has 1 fully saturated rings. The van der Waals surface area contributed by atoms with Crippen LogP contribution >= 0.6 is 12.4 Å². The Balaban J connectivity index is 0.00000192. The maximum absolute atomic E-state index is 12.8. The maximum atomic E-state index is 12.8. The molecule has 23 heavy (non-hydrogen) atoms. The second-order valence-corrected chi connectivity index (χ2v) is 6.25. The number of carbonyl (C=O) groups excluding carboxylic acids is 1. The predicted molar refractivity (Wildman–Crippen MR) is 94.0 cm³/mol. The van der Waals surface area contributed by atoms with Gasteiger partial charge in [-0.15, -0.1) is 12.4 Å². The molecule has 0 bridgehead atoms. The Hall–Kier alpha value is -1.10. The van der Waals surface area contributed by atoms with E-state index in [1.54, 1.807) is 0 Å². The SMILES string of the molecule is CCCN(C(=O)CC1OCCc2ccccc21)C1CCNC1.Cl. The normalized spacial score (nSPS) is 23.0. The lowest BCUT2D eigenvalue weighted by Crippen LogP contribution is -2.42. The Bertz CT molecular complexity index is 517. The van der Waals surface area contributed by atoms with Crippen molar-refractivity contribution in [3.8, 4) is 0 Å². The van der Waals surface area contributed by atoms with Gasteiger partial charge in [0, 0.05) is 19.1 Å². The third-order valence-electron chi connectivity index (χ3n) is 4.71. The molecule has 3 rings (SSSR count). The molecule has 1 aromatic carbocycles. The molecule has 0 spiro atoms. The van der Waals surface area contributed by atoms with E-state index in [2.05, 4.69) is 35.3 Å². The van der Waals surface area contributed by atoms with Gasteiger partial charge in [-0.2, -0.15) is 0 Å². The van der Waals surface area contributed by atoms with Gasteiger partial charge in [-0.3, -0.25) is 4.79 Å². The van der Waals surface area contributed by atoms with Crippen LogP contribution in [0.25, 0.3) is 0 Å². The van der Waals surface area contributed by atoms with Crippen LogP contribution < -0.4 is 5.32 Å². The van der Waals surface area contributed by atoms with Crippen molar-refractivity contribution < 1.29 is 9.53 Å². The molecule has 1 N–H and O–H groups in total. The molecule has 4 nitrogen and oxygen atoms in total. The third kappa shape index (κ3) is 4.25. The molecule has 0 radical (unpaired) electrons. The monoisotopic (exact) mass is 338 g/mol. The van der Waals surface area contributed by atoms with Gasteiger partial charge in [-0.1, -0.05) is 31.2 Å². The van der Waals surface area contributed by atoms with Gasteiger partial charge < -0.3 is 15.0 Å². The van der Waals surface area contributed by atoms with Gasteiger partial charge in [0.1, 0.15) is 0 Å². The molecule has 1 amide bonds.